The standard InChI is InChI=1S/C8H6BrClO.2C2H6/c1-5-2-6(8(10)11)4-7(9)3-5;2*1-2/h2-4H,1H3;2*1-2H3. The van der Waals surface area contributed by atoms with Gasteiger partial charge in [-0.15, -0.1) is 0 Å². The second-order valence-electron chi connectivity index (χ2n) is 2.29. The Labute approximate surface area is 106 Å². The largest absolute Gasteiger partial charge is 0.276 e. The zero-order valence-electron chi connectivity index (χ0n) is 9.90. The lowest BCUT2D eigenvalue weighted by atomic mass is 10.2. The molecular weight excluding hydrogens is 275 g/mol. The fourth-order valence-corrected chi connectivity index (χ4v) is 1.57. The Morgan fingerprint density at radius 2 is 1.60 bits per heavy atom. The summed E-state index contributed by atoms with van der Waals surface area (Å²) in [4.78, 5) is 10.7. The summed E-state index contributed by atoms with van der Waals surface area (Å²) in [5, 5.41) is -0.422. The topological polar surface area (TPSA) is 17.1 Å². The molecular formula is C12H18BrClO. The average Bonchev–Trinajstić information content (AvgIpc) is 2.22. The first-order chi connectivity index (χ1) is 7.09. The van der Waals surface area contributed by atoms with Gasteiger partial charge in [0.05, 0.1) is 0 Å². The highest BCUT2D eigenvalue weighted by molar-refractivity contribution is 9.10. The van der Waals surface area contributed by atoms with Crippen LogP contribution < -0.4 is 0 Å². The zero-order chi connectivity index (χ0) is 12.4. The van der Waals surface area contributed by atoms with Crippen LogP contribution in [-0.2, 0) is 0 Å². The Morgan fingerprint density at radius 1 is 1.13 bits per heavy atom. The Morgan fingerprint density at radius 3 is 1.93 bits per heavy atom. The molecule has 0 bridgehead atoms. The van der Waals surface area contributed by atoms with Gasteiger partial charge in [-0.2, -0.15) is 0 Å². The van der Waals surface area contributed by atoms with E-state index in [2.05, 4.69) is 15.9 Å². The van der Waals surface area contributed by atoms with Crippen LogP contribution in [0.2, 0.25) is 0 Å². The normalized spacial score (nSPS) is 7.93. The third-order valence-corrected chi connectivity index (χ3v) is 1.95. The molecule has 0 heterocycles. The monoisotopic (exact) mass is 292 g/mol. The highest BCUT2D eigenvalue weighted by atomic mass is 79.9. The lowest BCUT2D eigenvalue weighted by Gasteiger charge is -1.97. The molecule has 1 rings (SSSR count). The quantitative estimate of drug-likeness (QED) is 0.651. The van der Waals surface area contributed by atoms with Crippen molar-refractivity contribution in [1.82, 2.24) is 0 Å². The molecule has 0 N–H and O–H groups in total. The molecule has 0 aliphatic carbocycles. The van der Waals surface area contributed by atoms with E-state index in [0.29, 0.717) is 5.56 Å². The number of hydrogen-bond acceptors (Lipinski definition) is 1. The van der Waals surface area contributed by atoms with Crippen molar-refractivity contribution in [2.24, 2.45) is 0 Å². The van der Waals surface area contributed by atoms with E-state index in [9.17, 15) is 4.79 Å². The van der Waals surface area contributed by atoms with E-state index in [4.69, 9.17) is 11.6 Å². The van der Waals surface area contributed by atoms with Crippen molar-refractivity contribution in [3.63, 3.8) is 0 Å². The van der Waals surface area contributed by atoms with Gasteiger partial charge in [-0.05, 0) is 42.3 Å². The van der Waals surface area contributed by atoms with Crippen LogP contribution in [0.25, 0.3) is 0 Å². The summed E-state index contributed by atoms with van der Waals surface area (Å²) < 4.78 is 0.876. The second kappa shape index (κ2) is 10.2. The van der Waals surface area contributed by atoms with Crippen molar-refractivity contribution in [3.8, 4) is 0 Å². The minimum atomic E-state index is -0.422. The predicted octanol–water partition coefficient (Wildman–Crippen LogP) is 5.19. The van der Waals surface area contributed by atoms with E-state index in [1.807, 2.05) is 40.7 Å². The maximum absolute atomic E-state index is 10.7. The number of aryl methyl sites for hydroxylation is 1. The maximum Gasteiger partial charge on any atom is 0.252 e. The summed E-state index contributed by atoms with van der Waals surface area (Å²) in [6, 6.07) is 5.37. The minimum Gasteiger partial charge on any atom is -0.276 e. The van der Waals surface area contributed by atoms with E-state index in [1.165, 1.54) is 0 Å². The summed E-state index contributed by atoms with van der Waals surface area (Å²) in [5.74, 6) is 0. The highest BCUT2D eigenvalue weighted by Gasteiger charge is 2.02. The molecule has 0 radical (unpaired) electrons. The van der Waals surface area contributed by atoms with E-state index in [-0.39, 0.29) is 0 Å². The number of hydrogen-bond donors (Lipinski definition) is 0. The first-order valence-corrected chi connectivity index (χ1v) is 6.24. The number of rotatable bonds is 1. The third kappa shape index (κ3) is 7.57. The summed E-state index contributed by atoms with van der Waals surface area (Å²) in [7, 11) is 0. The lowest BCUT2D eigenvalue weighted by molar-refractivity contribution is 0.108. The molecule has 0 saturated heterocycles. The van der Waals surface area contributed by atoms with E-state index >= 15 is 0 Å². The van der Waals surface area contributed by atoms with Crippen molar-refractivity contribution in [3.05, 3.63) is 33.8 Å². The van der Waals surface area contributed by atoms with Gasteiger partial charge in [-0.1, -0.05) is 43.6 Å². The van der Waals surface area contributed by atoms with Crippen LogP contribution in [0.15, 0.2) is 22.7 Å². The summed E-state index contributed by atoms with van der Waals surface area (Å²) in [6.07, 6.45) is 0. The number of carbonyl (C=O) groups is 1. The van der Waals surface area contributed by atoms with Crippen LogP contribution in [0.5, 0.6) is 0 Å². The van der Waals surface area contributed by atoms with Crippen LogP contribution in [-0.4, -0.2) is 5.24 Å². The molecule has 0 saturated carbocycles. The first kappa shape index (κ1) is 17.1. The van der Waals surface area contributed by atoms with Crippen molar-refractivity contribution in [1.29, 1.82) is 0 Å². The molecule has 0 fully saturated rings. The number of carbonyl (C=O) groups excluding carboxylic acids is 1. The molecule has 0 aromatic heterocycles. The predicted molar refractivity (Wildman–Crippen MR) is 71.8 cm³/mol. The molecule has 3 heteroatoms. The minimum absolute atomic E-state index is 0.422. The van der Waals surface area contributed by atoms with Gasteiger partial charge in [-0.25, -0.2) is 0 Å². The zero-order valence-corrected chi connectivity index (χ0v) is 12.2. The Hall–Kier alpha value is -0.340. The van der Waals surface area contributed by atoms with E-state index in [0.717, 1.165) is 10.0 Å². The first-order valence-electron chi connectivity index (χ1n) is 5.06. The van der Waals surface area contributed by atoms with Gasteiger partial charge in [0.2, 0.25) is 0 Å². The van der Waals surface area contributed by atoms with Gasteiger partial charge in [-0.3, -0.25) is 4.79 Å². The lowest BCUT2D eigenvalue weighted by Crippen LogP contribution is -1.88. The third-order valence-electron chi connectivity index (χ3n) is 1.27. The molecule has 86 valence electrons. The summed E-state index contributed by atoms with van der Waals surface area (Å²) in [6.45, 7) is 9.91. The van der Waals surface area contributed by atoms with Crippen molar-refractivity contribution in [2.45, 2.75) is 34.6 Å². The van der Waals surface area contributed by atoms with Crippen LogP contribution in [0, 0.1) is 6.92 Å². The SMILES string of the molecule is CC.CC.Cc1cc(Br)cc(C(=O)Cl)c1. The second-order valence-corrected chi connectivity index (χ2v) is 3.55. The van der Waals surface area contributed by atoms with Crippen LogP contribution in [0.1, 0.15) is 43.6 Å². The average molecular weight is 294 g/mol. The molecule has 0 spiro atoms. The van der Waals surface area contributed by atoms with Gasteiger partial charge in [0, 0.05) is 10.0 Å². The fourth-order valence-electron chi connectivity index (χ4n) is 0.850. The Bertz CT molecular complexity index is 277. The van der Waals surface area contributed by atoms with Gasteiger partial charge in [0.25, 0.3) is 5.24 Å². The fraction of sp³-hybridized carbons (Fsp3) is 0.417. The number of benzene rings is 1. The molecule has 15 heavy (non-hydrogen) atoms. The van der Waals surface area contributed by atoms with Gasteiger partial charge in [0.1, 0.15) is 0 Å². The molecule has 1 aromatic rings. The van der Waals surface area contributed by atoms with Crippen LogP contribution in [0.3, 0.4) is 0 Å². The van der Waals surface area contributed by atoms with Crippen molar-refractivity contribution < 1.29 is 4.79 Å². The van der Waals surface area contributed by atoms with Crippen molar-refractivity contribution >= 4 is 32.8 Å². The molecule has 1 aromatic carbocycles. The smallest absolute Gasteiger partial charge is 0.252 e. The van der Waals surface area contributed by atoms with Gasteiger partial charge >= 0.3 is 0 Å². The molecule has 0 atom stereocenters. The maximum atomic E-state index is 10.7. The summed E-state index contributed by atoms with van der Waals surface area (Å²) in [5.41, 5.74) is 1.54. The summed E-state index contributed by atoms with van der Waals surface area (Å²) >= 11 is 8.56. The Balaban J connectivity index is 0. The molecule has 0 aliphatic heterocycles. The van der Waals surface area contributed by atoms with Crippen molar-refractivity contribution in [2.75, 3.05) is 0 Å². The van der Waals surface area contributed by atoms with Gasteiger partial charge < -0.3 is 0 Å². The van der Waals surface area contributed by atoms with E-state index in [1.54, 1.807) is 12.1 Å². The molecule has 0 aliphatic rings. The molecule has 0 unspecified atom stereocenters. The highest BCUT2D eigenvalue weighted by Crippen LogP contribution is 2.16. The van der Waals surface area contributed by atoms with Gasteiger partial charge in [0.15, 0.2) is 0 Å². The number of halogens is 2. The van der Waals surface area contributed by atoms with Crippen LogP contribution in [0.4, 0.5) is 0 Å². The van der Waals surface area contributed by atoms with Crippen LogP contribution >= 0.6 is 27.5 Å². The Kier molecular flexibility index (Phi) is 11.6. The molecule has 1 nitrogen and oxygen atoms in total. The van der Waals surface area contributed by atoms with E-state index < -0.39 is 5.24 Å². The molecule has 0 amide bonds.